The van der Waals surface area contributed by atoms with Gasteiger partial charge in [0.1, 0.15) is 23.7 Å². The topological polar surface area (TPSA) is 143 Å². The second kappa shape index (κ2) is 19.4. The maximum absolute atomic E-state index is 13.4. The third-order valence-corrected chi connectivity index (χ3v) is 9.55. The molecule has 0 bridgehead atoms. The highest BCUT2D eigenvalue weighted by Crippen LogP contribution is 2.29. The second-order valence-electron chi connectivity index (χ2n) is 13.8. The van der Waals surface area contributed by atoms with Crippen LogP contribution in [0.25, 0.3) is 0 Å². The summed E-state index contributed by atoms with van der Waals surface area (Å²) in [6.07, 6.45) is 4.84. The molecule has 12 heteroatoms. The molecule has 0 spiro atoms. The molecule has 1 aliphatic rings. The third kappa shape index (κ3) is 11.1. The lowest BCUT2D eigenvalue weighted by atomic mass is 10.0. The van der Waals surface area contributed by atoms with Gasteiger partial charge in [0.05, 0.1) is 22.8 Å². The van der Waals surface area contributed by atoms with E-state index in [1.807, 2.05) is 54.3 Å². The molecular weight excluding hydrogens is 686 g/mol. The number of amides is 3. The number of anilines is 1. The molecular formula is C42H49N5O7. The largest absolute Gasteiger partial charge is 0.491 e. The van der Waals surface area contributed by atoms with Crippen LogP contribution in [0.5, 0.6) is 11.5 Å². The highest BCUT2D eigenvalue weighted by atomic mass is 16.6. The van der Waals surface area contributed by atoms with E-state index in [2.05, 4.69) is 29.6 Å². The first-order valence-corrected chi connectivity index (χ1v) is 18.4. The SMILES string of the molecule is Cc1ccc(NC(=O)c2ccc(CNC(=O)c3ccccc3OCc3ccccc3)cc2[N+](=O)[O-])c(OCCCCCC(=O)N2CCC(N(C)C)CC2)c1. The standard InChI is InChI=1S/C42H49N5O7/c1-30-17-20-36(39(26-30)53-25-11-5-8-16-40(48)46-23-21-33(22-24-46)45(2)3)44-42(50)34-19-18-32(27-37(34)47(51)52)28-43-41(49)35-14-9-10-15-38(35)54-29-31-12-6-4-7-13-31/h4,6-7,9-10,12-15,17-20,26-27,33H,5,8,11,16,21-25,28-29H2,1-3H3,(H,43,49)(H,44,50). The van der Waals surface area contributed by atoms with E-state index >= 15 is 0 Å². The number of likely N-dealkylation sites (tertiary alicyclic amines) is 1. The molecule has 0 aromatic heterocycles. The average Bonchev–Trinajstić information content (AvgIpc) is 3.18. The molecule has 2 N–H and O–H groups in total. The number of hydrogen-bond acceptors (Lipinski definition) is 8. The Labute approximate surface area is 316 Å². The minimum Gasteiger partial charge on any atom is -0.491 e. The Hall–Kier alpha value is -5.75. The van der Waals surface area contributed by atoms with Crippen molar-refractivity contribution in [1.82, 2.24) is 15.1 Å². The quantitative estimate of drug-likeness (QED) is 0.0661. The number of nitrogens with zero attached hydrogens (tertiary/aromatic N) is 3. The van der Waals surface area contributed by atoms with Crippen molar-refractivity contribution in [2.75, 3.05) is 39.1 Å². The van der Waals surface area contributed by atoms with Gasteiger partial charge in [-0.15, -0.1) is 0 Å². The molecule has 0 unspecified atom stereocenters. The summed E-state index contributed by atoms with van der Waals surface area (Å²) in [6, 6.07) is 26.6. The van der Waals surface area contributed by atoms with Crippen molar-refractivity contribution < 1.29 is 28.8 Å². The van der Waals surface area contributed by atoms with Crippen LogP contribution < -0.4 is 20.1 Å². The predicted octanol–water partition coefficient (Wildman–Crippen LogP) is 7.16. The first kappa shape index (κ1) is 39.5. The molecule has 4 aromatic rings. The number of nitrogens with one attached hydrogen (secondary N) is 2. The van der Waals surface area contributed by atoms with Crippen LogP contribution >= 0.6 is 0 Å². The molecule has 12 nitrogen and oxygen atoms in total. The van der Waals surface area contributed by atoms with Gasteiger partial charge in [-0.05, 0) is 100 Å². The number of nitro groups is 1. The van der Waals surface area contributed by atoms with Crippen LogP contribution in [0.15, 0.2) is 91.0 Å². The number of hydrogen-bond donors (Lipinski definition) is 2. The van der Waals surface area contributed by atoms with Crippen molar-refractivity contribution in [3.63, 3.8) is 0 Å². The summed E-state index contributed by atoms with van der Waals surface area (Å²) >= 11 is 0. The Morgan fingerprint density at radius 3 is 2.30 bits per heavy atom. The summed E-state index contributed by atoms with van der Waals surface area (Å²) in [4.78, 5) is 54.9. The number of rotatable bonds is 17. The predicted molar refractivity (Wildman–Crippen MR) is 208 cm³/mol. The summed E-state index contributed by atoms with van der Waals surface area (Å²) in [5, 5.41) is 17.7. The summed E-state index contributed by atoms with van der Waals surface area (Å²) in [5.74, 6) is 0.00523. The van der Waals surface area contributed by atoms with Gasteiger partial charge < -0.3 is 29.9 Å². The molecule has 3 amide bonds. The van der Waals surface area contributed by atoms with E-state index in [1.165, 1.54) is 12.1 Å². The van der Waals surface area contributed by atoms with Gasteiger partial charge in [0.25, 0.3) is 17.5 Å². The lowest BCUT2D eigenvalue weighted by Gasteiger charge is -2.35. The van der Waals surface area contributed by atoms with E-state index in [0.717, 1.165) is 56.3 Å². The maximum atomic E-state index is 13.4. The Morgan fingerprint density at radius 1 is 0.815 bits per heavy atom. The molecule has 4 aromatic carbocycles. The molecule has 1 heterocycles. The number of nitro benzene ring substituents is 1. The fourth-order valence-electron chi connectivity index (χ4n) is 6.39. The highest BCUT2D eigenvalue weighted by molar-refractivity contribution is 6.07. The summed E-state index contributed by atoms with van der Waals surface area (Å²) < 4.78 is 12.0. The maximum Gasteiger partial charge on any atom is 0.282 e. The molecule has 1 aliphatic heterocycles. The van der Waals surface area contributed by atoms with E-state index in [4.69, 9.17) is 9.47 Å². The molecule has 54 heavy (non-hydrogen) atoms. The third-order valence-electron chi connectivity index (χ3n) is 9.55. The van der Waals surface area contributed by atoms with Crippen LogP contribution in [0.2, 0.25) is 0 Å². The van der Waals surface area contributed by atoms with Crippen LogP contribution in [0, 0.1) is 17.0 Å². The van der Waals surface area contributed by atoms with Gasteiger partial charge in [-0.2, -0.15) is 0 Å². The fraction of sp³-hybridized carbons (Fsp3) is 0.357. The van der Waals surface area contributed by atoms with Gasteiger partial charge in [0.15, 0.2) is 0 Å². The van der Waals surface area contributed by atoms with Gasteiger partial charge >= 0.3 is 0 Å². The molecule has 1 saturated heterocycles. The van der Waals surface area contributed by atoms with Gasteiger partial charge in [0, 0.05) is 38.2 Å². The Bertz CT molecular complexity index is 1910. The van der Waals surface area contributed by atoms with Crippen molar-refractivity contribution in [3.8, 4) is 11.5 Å². The highest BCUT2D eigenvalue weighted by Gasteiger charge is 2.24. The van der Waals surface area contributed by atoms with Crippen molar-refractivity contribution in [3.05, 3.63) is 129 Å². The Morgan fingerprint density at radius 2 is 1.56 bits per heavy atom. The zero-order valence-corrected chi connectivity index (χ0v) is 31.2. The van der Waals surface area contributed by atoms with Crippen molar-refractivity contribution >= 4 is 29.1 Å². The van der Waals surface area contributed by atoms with E-state index in [0.29, 0.717) is 47.4 Å². The molecule has 284 valence electrons. The number of ether oxygens (including phenoxy) is 2. The van der Waals surface area contributed by atoms with Gasteiger partial charge in [-0.1, -0.05) is 54.6 Å². The Kier molecular flexibility index (Phi) is 14.1. The Balaban J connectivity index is 1.13. The van der Waals surface area contributed by atoms with E-state index in [1.54, 1.807) is 36.4 Å². The van der Waals surface area contributed by atoms with E-state index < -0.39 is 22.4 Å². The lowest BCUT2D eigenvalue weighted by Crippen LogP contribution is -2.44. The smallest absolute Gasteiger partial charge is 0.282 e. The van der Waals surface area contributed by atoms with Crippen LogP contribution in [0.4, 0.5) is 11.4 Å². The number of unbranched alkanes of at least 4 members (excludes halogenated alkanes) is 2. The normalized spacial score (nSPS) is 13.0. The number of carbonyl (C=O) groups is 3. The summed E-state index contributed by atoms with van der Waals surface area (Å²) in [6.45, 7) is 4.19. The van der Waals surface area contributed by atoms with Gasteiger partial charge in [-0.3, -0.25) is 24.5 Å². The number of benzene rings is 4. The molecule has 0 radical (unpaired) electrons. The van der Waals surface area contributed by atoms with Crippen molar-refractivity contribution in [2.45, 2.75) is 64.6 Å². The minimum absolute atomic E-state index is 0.00580. The van der Waals surface area contributed by atoms with Crippen LogP contribution in [0.3, 0.4) is 0 Å². The molecule has 5 rings (SSSR count). The monoisotopic (exact) mass is 735 g/mol. The first-order valence-electron chi connectivity index (χ1n) is 18.4. The van der Waals surface area contributed by atoms with Crippen LogP contribution in [-0.2, 0) is 17.9 Å². The number of carbonyl (C=O) groups excluding carboxylic acids is 3. The second-order valence-corrected chi connectivity index (χ2v) is 13.8. The first-order chi connectivity index (χ1) is 26.1. The van der Waals surface area contributed by atoms with Crippen molar-refractivity contribution in [2.24, 2.45) is 0 Å². The minimum atomic E-state index is -0.663. The van der Waals surface area contributed by atoms with E-state index in [9.17, 15) is 24.5 Å². The molecule has 1 fully saturated rings. The summed E-state index contributed by atoms with van der Waals surface area (Å²) in [7, 11) is 4.17. The number of piperidine rings is 1. The average molecular weight is 736 g/mol. The fourth-order valence-corrected chi connectivity index (χ4v) is 6.39. The van der Waals surface area contributed by atoms with Crippen LogP contribution in [-0.4, -0.2) is 72.3 Å². The van der Waals surface area contributed by atoms with Gasteiger partial charge in [-0.25, -0.2) is 0 Å². The van der Waals surface area contributed by atoms with Crippen LogP contribution in [0.1, 0.15) is 75.9 Å². The molecule has 0 atom stereocenters. The van der Waals surface area contributed by atoms with Gasteiger partial charge in [0.2, 0.25) is 5.91 Å². The zero-order valence-electron chi connectivity index (χ0n) is 31.2. The number of aryl methyl sites for hydroxylation is 1. The number of para-hydroxylation sites is 1. The van der Waals surface area contributed by atoms with E-state index in [-0.39, 0.29) is 24.6 Å². The molecule has 0 saturated carbocycles. The molecule has 0 aliphatic carbocycles. The zero-order chi connectivity index (χ0) is 38.5. The van der Waals surface area contributed by atoms with Crippen molar-refractivity contribution in [1.29, 1.82) is 0 Å². The summed E-state index contributed by atoms with van der Waals surface area (Å²) in [5.41, 5.74) is 2.53. The lowest BCUT2D eigenvalue weighted by molar-refractivity contribution is -0.385.